The number of aromatic nitrogens is 1. The first-order valence-electron chi connectivity index (χ1n) is 4.78. The molecule has 0 saturated carbocycles. The molecule has 0 aliphatic carbocycles. The summed E-state index contributed by atoms with van der Waals surface area (Å²) in [5.74, 6) is -1.10. The quantitative estimate of drug-likeness (QED) is 0.822. The summed E-state index contributed by atoms with van der Waals surface area (Å²) in [6.45, 7) is 1.82. The third kappa shape index (κ3) is 2.83. The SMILES string of the molecule is Cc1csc(NC(=O)c2cc(S)ccc2F)n1. The van der Waals surface area contributed by atoms with E-state index >= 15 is 0 Å². The van der Waals surface area contributed by atoms with Crippen LogP contribution < -0.4 is 5.32 Å². The lowest BCUT2D eigenvalue weighted by atomic mass is 10.2. The Morgan fingerprint density at radius 2 is 2.29 bits per heavy atom. The van der Waals surface area contributed by atoms with Crippen LogP contribution in [0.3, 0.4) is 0 Å². The summed E-state index contributed by atoms with van der Waals surface area (Å²) >= 11 is 5.36. The van der Waals surface area contributed by atoms with E-state index in [9.17, 15) is 9.18 Å². The molecule has 0 atom stereocenters. The minimum atomic E-state index is -0.575. The number of benzene rings is 1. The van der Waals surface area contributed by atoms with Gasteiger partial charge in [-0.15, -0.1) is 24.0 Å². The van der Waals surface area contributed by atoms with Crippen LogP contribution in [0.15, 0.2) is 28.5 Å². The zero-order valence-corrected chi connectivity index (χ0v) is 10.6. The molecule has 17 heavy (non-hydrogen) atoms. The van der Waals surface area contributed by atoms with Crippen molar-refractivity contribution in [3.63, 3.8) is 0 Å². The number of carbonyl (C=O) groups excluding carboxylic acids is 1. The van der Waals surface area contributed by atoms with Crippen LogP contribution in [0.4, 0.5) is 9.52 Å². The fraction of sp³-hybridized carbons (Fsp3) is 0.0909. The first-order valence-corrected chi connectivity index (χ1v) is 6.11. The van der Waals surface area contributed by atoms with Gasteiger partial charge in [0.1, 0.15) is 5.82 Å². The molecule has 0 aliphatic heterocycles. The van der Waals surface area contributed by atoms with E-state index in [4.69, 9.17) is 0 Å². The fourth-order valence-electron chi connectivity index (χ4n) is 1.26. The second-order valence-corrected chi connectivity index (χ2v) is 4.79. The van der Waals surface area contributed by atoms with Crippen molar-refractivity contribution in [2.24, 2.45) is 0 Å². The standard InChI is InChI=1S/C11H9FN2OS2/c1-6-5-17-11(13-6)14-10(15)8-4-7(16)2-3-9(8)12/h2-5,16H,1H3,(H,13,14,15). The Kier molecular flexibility index (Phi) is 3.44. The van der Waals surface area contributed by atoms with Crippen molar-refractivity contribution in [3.05, 3.63) is 40.7 Å². The summed E-state index contributed by atoms with van der Waals surface area (Å²) in [4.78, 5) is 16.4. The van der Waals surface area contributed by atoms with E-state index in [-0.39, 0.29) is 5.56 Å². The van der Waals surface area contributed by atoms with E-state index in [1.165, 1.54) is 29.5 Å². The van der Waals surface area contributed by atoms with Gasteiger partial charge in [0, 0.05) is 10.3 Å². The van der Waals surface area contributed by atoms with Crippen molar-refractivity contribution < 1.29 is 9.18 Å². The van der Waals surface area contributed by atoms with E-state index in [1.54, 1.807) is 5.38 Å². The Bertz CT molecular complexity index is 568. The lowest BCUT2D eigenvalue weighted by molar-refractivity contribution is 0.102. The molecule has 3 nitrogen and oxygen atoms in total. The van der Waals surface area contributed by atoms with Crippen molar-refractivity contribution in [3.8, 4) is 0 Å². The number of amides is 1. The van der Waals surface area contributed by atoms with Gasteiger partial charge >= 0.3 is 0 Å². The average molecular weight is 268 g/mol. The molecule has 0 bridgehead atoms. The molecule has 0 spiro atoms. The van der Waals surface area contributed by atoms with Crippen LogP contribution in [0.5, 0.6) is 0 Å². The number of thiol groups is 1. The van der Waals surface area contributed by atoms with Gasteiger partial charge < -0.3 is 0 Å². The van der Waals surface area contributed by atoms with Gasteiger partial charge in [0.2, 0.25) is 0 Å². The van der Waals surface area contributed by atoms with E-state index in [0.29, 0.717) is 10.0 Å². The normalized spacial score (nSPS) is 10.3. The Balaban J connectivity index is 2.22. The molecule has 1 N–H and O–H groups in total. The highest BCUT2D eigenvalue weighted by Gasteiger charge is 2.13. The van der Waals surface area contributed by atoms with Crippen LogP contribution >= 0.6 is 24.0 Å². The van der Waals surface area contributed by atoms with Gasteiger partial charge in [0.25, 0.3) is 5.91 Å². The number of nitrogens with zero attached hydrogens (tertiary/aromatic N) is 1. The maximum atomic E-state index is 13.4. The zero-order chi connectivity index (χ0) is 12.4. The topological polar surface area (TPSA) is 42.0 Å². The molecular weight excluding hydrogens is 259 g/mol. The average Bonchev–Trinajstić information content (AvgIpc) is 2.67. The first kappa shape index (κ1) is 12.1. The number of thiazole rings is 1. The van der Waals surface area contributed by atoms with Gasteiger partial charge in [-0.1, -0.05) is 0 Å². The van der Waals surface area contributed by atoms with Crippen molar-refractivity contribution in [1.82, 2.24) is 4.98 Å². The van der Waals surface area contributed by atoms with Crippen molar-refractivity contribution in [1.29, 1.82) is 0 Å². The minimum Gasteiger partial charge on any atom is -0.298 e. The monoisotopic (exact) mass is 268 g/mol. The molecule has 88 valence electrons. The van der Waals surface area contributed by atoms with Crippen LogP contribution in [0.1, 0.15) is 16.1 Å². The number of aryl methyl sites for hydroxylation is 1. The summed E-state index contributed by atoms with van der Waals surface area (Å²) in [6, 6.07) is 4.08. The second-order valence-electron chi connectivity index (χ2n) is 3.41. The van der Waals surface area contributed by atoms with Crippen molar-refractivity contribution in [2.75, 3.05) is 5.32 Å². The summed E-state index contributed by atoms with van der Waals surface area (Å²) < 4.78 is 13.4. The zero-order valence-electron chi connectivity index (χ0n) is 8.90. The molecule has 2 aromatic rings. The van der Waals surface area contributed by atoms with Crippen molar-refractivity contribution >= 4 is 35.0 Å². The summed E-state index contributed by atoms with van der Waals surface area (Å²) in [6.07, 6.45) is 0. The van der Waals surface area contributed by atoms with Gasteiger partial charge in [-0.05, 0) is 25.1 Å². The highest BCUT2D eigenvalue weighted by atomic mass is 32.1. The number of hydrogen-bond donors (Lipinski definition) is 2. The van der Waals surface area contributed by atoms with Crippen LogP contribution in [-0.4, -0.2) is 10.9 Å². The number of halogens is 1. The number of carbonyl (C=O) groups is 1. The third-order valence-electron chi connectivity index (χ3n) is 2.03. The molecule has 0 aliphatic rings. The number of rotatable bonds is 2. The molecule has 2 rings (SSSR count). The predicted octanol–water partition coefficient (Wildman–Crippen LogP) is 3.13. The smallest absolute Gasteiger partial charge is 0.260 e. The van der Waals surface area contributed by atoms with Crippen LogP contribution in [0.2, 0.25) is 0 Å². The van der Waals surface area contributed by atoms with Gasteiger partial charge in [-0.2, -0.15) is 0 Å². The lowest BCUT2D eigenvalue weighted by Gasteiger charge is -2.03. The van der Waals surface area contributed by atoms with E-state index in [1.807, 2.05) is 6.92 Å². The molecule has 0 fully saturated rings. The van der Waals surface area contributed by atoms with Crippen LogP contribution in [0, 0.1) is 12.7 Å². The Morgan fingerprint density at radius 1 is 1.53 bits per heavy atom. The second kappa shape index (κ2) is 4.85. The van der Waals surface area contributed by atoms with Crippen molar-refractivity contribution in [2.45, 2.75) is 11.8 Å². The fourth-order valence-corrected chi connectivity index (χ4v) is 2.15. The van der Waals surface area contributed by atoms with Crippen LogP contribution in [-0.2, 0) is 0 Å². The van der Waals surface area contributed by atoms with E-state index in [0.717, 1.165) is 5.69 Å². The van der Waals surface area contributed by atoms with Gasteiger partial charge in [-0.25, -0.2) is 9.37 Å². The summed E-state index contributed by atoms with van der Waals surface area (Å²) in [7, 11) is 0. The molecule has 1 aromatic heterocycles. The highest BCUT2D eigenvalue weighted by Crippen LogP contribution is 2.18. The molecule has 0 unspecified atom stereocenters. The van der Waals surface area contributed by atoms with Gasteiger partial charge in [-0.3, -0.25) is 10.1 Å². The maximum absolute atomic E-state index is 13.4. The maximum Gasteiger partial charge on any atom is 0.260 e. The molecule has 0 saturated heterocycles. The number of anilines is 1. The molecule has 1 amide bonds. The molecular formula is C11H9FN2OS2. The molecule has 0 radical (unpaired) electrons. The number of nitrogens with one attached hydrogen (secondary N) is 1. The largest absolute Gasteiger partial charge is 0.298 e. The molecule has 1 heterocycles. The minimum absolute atomic E-state index is 0.0367. The first-order chi connectivity index (χ1) is 8.06. The van der Waals surface area contributed by atoms with E-state index < -0.39 is 11.7 Å². The summed E-state index contributed by atoms with van der Waals surface area (Å²) in [5, 5.41) is 4.80. The lowest BCUT2D eigenvalue weighted by Crippen LogP contribution is -2.13. The van der Waals surface area contributed by atoms with E-state index in [2.05, 4.69) is 22.9 Å². The molecule has 6 heteroatoms. The van der Waals surface area contributed by atoms with Gasteiger partial charge in [0.05, 0.1) is 11.3 Å². The predicted molar refractivity (Wildman–Crippen MR) is 68.5 cm³/mol. The molecule has 1 aromatic carbocycles. The van der Waals surface area contributed by atoms with Crippen LogP contribution in [0.25, 0.3) is 0 Å². The summed E-state index contributed by atoms with van der Waals surface area (Å²) in [5.41, 5.74) is 0.777. The third-order valence-corrected chi connectivity index (χ3v) is 3.19. The van der Waals surface area contributed by atoms with Gasteiger partial charge in [0.15, 0.2) is 5.13 Å². The Hall–Kier alpha value is -1.40. The highest BCUT2D eigenvalue weighted by molar-refractivity contribution is 7.80. The Labute approximate surface area is 107 Å². The Morgan fingerprint density at radius 3 is 2.94 bits per heavy atom. The number of hydrogen-bond acceptors (Lipinski definition) is 4.